The number of anilines is 1. The van der Waals surface area contributed by atoms with E-state index in [1.165, 1.54) is 4.90 Å². The minimum atomic E-state index is -0.377. The summed E-state index contributed by atoms with van der Waals surface area (Å²) in [6, 6.07) is 12.3. The Morgan fingerprint density at radius 1 is 1.00 bits per heavy atom. The summed E-state index contributed by atoms with van der Waals surface area (Å²) in [6.07, 6.45) is 0.773. The van der Waals surface area contributed by atoms with E-state index in [9.17, 15) is 9.59 Å². The van der Waals surface area contributed by atoms with Crippen LogP contribution >= 0.6 is 23.2 Å². The Morgan fingerprint density at radius 2 is 1.62 bits per heavy atom. The molecule has 29 heavy (non-hydrogen) atoms. The molecule has 0 saturated carbocycles. The van der Waals surface area contributed by atoms with E-state index in [4.69, 9.17) is 32.7 Å². The third-order valence-electron chi connectivity index (χ3n) is 3.98. The molecule has 2 rings (SSSR count). The van der Waals surface area contributed by atoms with Crippen LogP contribution in [0.1, 0.15) is 19.8 Å². The third-order valence-corrected chi connectivity index (χ3v) is 4.61. The Kier molecular flexibility index (Phi) is 9.09. The van der Waals surface area contributed by atoms with Gasteiger partial charge in [-0.05, 0) is 37.6 Å². The highest BCUT2D eigenvalue weighted by Crippen LogP contribution is 2.29. The Balaban J connectivity index is 1.76. The second-order valence-electron chi connectivity index (χ2n) is 6.23. The van der Waals surface area contributed by atoms with Gasteiger partial charge in [-0.15, -0.1) is 0 Å². The molecule has 2 aromatic carbocycles. The number of benzene rings is 2. The number of hydrogen-bond acceptors (Lipinski definition) is 4. The van der Waals surface area contributed by atoms with Crippen molar-refractivity contribution in [2.24, 2.45) is 0 Å². The number of likely N-dealkylation sites (N-methyl/N-ethyl adjacent to an activating group) is 1. The second-order valence-corrected chi connectivity index (χ2v) is 7.04. The Bertz CT molecular complexity index is 825. The van der Waals surface area contributed by atoms with E-state index in [1.54, 1.807) is 25.2 Å². The summed E-state index contributed by atoms with van der Waals surface area (Å²) in [5.41, 5.74) is 0.336. The molecule has 0 atom stereocenters. The number of rotatable bonds is 10. The van der Waals surface area contributed by atoms with Crippen LogP contribution in [0.25, 0.3) is 0 Å². The highest BCUT2D eigenvalue weighted by Gasteiger charge is 2.15. The van der Waals surface area contributed by atoms with E-state index in [2.05, 4.69) is 5.32 Å². The third kappa shape index (κ3) is 7.15. The monoisotopic (exact) mass is 438 g/mol. The molecule has 0 aliphatic rings. The maximum Gasteiger partial charge on any atom is 0.244 e. The first-order valence-corrected chi connectivity index (χ1v) is 10.0. The van der Waals surface area contributed by atoms with Crippen LogP contribution in [0.4, 0.5) is 5.69 Å². The van der Waals surface area contributed by atoms with Crippen molar-refractivity contribution in [3.05, 3.63) is 52.5 Å². The lowest BCUT2D eigenvalue weighted by atomic mass is 10.2. The van der Waals surface area contributed by atoms with Crippen molar-refractivity contribution >= 4 is 40.7 Å². The topological polar surface area (TPSA) is 67.9 Å². The average molecular weight is 439 g/mol. The van der Waals surface area contributed by atoms with Gasteiger partial charge in [-0.1, -0.05) is 41.4 Å². The lowest BCUT2D eigenvalue weighted by Gasteiger charge is -2.18. The number of halogens is 2. The molecule has 0 radical (unpaired) electrons. The Labute approximate surface area is 180 Å². The summed E-state index contributed by atoms with van der Waals surface area (Å²) >= 11 is 12.1. The number of carbonyl (C=O) groups excluding carboxylic acids is 2. The van der Waals surface area contributed by atoms with E-state index in [0.717, 1.165) is 0 Å². The molecule has 6 nitrogen and oxygen atoms in total. The second kappa shape index (κ2) is 11.5. The molecular weight excluding hydrogens is 415 g/mol. The van der Waals surface area contributed by atoms with Gasteiger partial charge in [0.1, 0.15) is 0 Å². The number of para-hydroxylation sites is 3. The normalized spacial score (nSPS) is 10.3. The summed E-state index contributed by atoms with van der Waals surface area (Å²) in [5.74, 6) is 0.782. The van der Waals surface area contributed by atoms with Gasteiger partial charge in [-0.3, -0.25) is 9.59 Å². The summed E-state index contributed by atoms with van der Waals surface area (Å²) in [5, 5.41) is 3.31. The molecule has 2 aromatic rings. The molecular formula is C21H24Cl2N2O4. The summed E-state index contributed by atoms with van der Waals surface area (Å²) in [4.78, 5) is 25.8. The van der Waals surface area contributed by atoms with Gasteiger partial charge in [0.15, 0.2) is 11.5 Å². The highest BCUT2D eigenvalue weighted by atomic mass is 35.5. The molecule has 0 heterocycles. The van der Waals surface area contributed by atoms with Crippen LogP contribution in [0.5, 0.6) is 11.5 Å². The van der Waals surface area contributed by atoms with Crippen molar-refractivity contribution < 1.29 is 19.1 Å². The van der Waals surface area contributed by atoms with Gasteiger partial charge in [0, 0.05) is 13.5 Å². The average Bonchev–Trinajstić information content (AvgIpc) is 2.69. The first-order valence-electron chi connectivity index (χ1n) is 9.24. The van der Waals surface area contributed by atoms with Crippen molar-refractivity contribution in [2.75, 3.05) is 32.1 Å². The molecule has 0 aliphatic carbocycles. The highest BCUT2D eigenvalue weighted by molar-refractivity contribution is 6.39. The molecule has 0 spiro atoms. The number of carbonyl (C=O) groups is 2. The van der Waals surface area contributed by atoms with Crippen molar-refractivity contribution in [1.29, 1.82) is 0 Å². The van der Waals surface area contributed by atoms with Gasteiger partial charge in [-0.25, -0.2) is 0 Å². The standard InChI is InChI=1S/C21H24Cl2N2O4/c1-3-28-17-10-4-5-11-18(17)29-13-7-12-20(27)25(2)14-19(26)24-21-15(22)8-6-9-16(21)23/h4-6,8-11H,3,7,12-14H2,1-2H3,(H,24,26). The minimum absolute atomic E-state index is 0.103. The molecule has 0 fully saturated rings. The molecule has 0 unspecified atom stereocenters. The maximum absolute atomic E-state index is 12.3. The molecule has 0 aliphatic heterocycles. The quantitative estimate of drug-likeness (QED) is 0.548. The van der Waals surface area contributed by atoms with E-state index in [0.29, 0.717) is 46.9 Å². The van der Waals surface area contributed by atoms with E-state index < -0.39 is 0 Å². The molecule has 8 heteroatoms. The van der Waals surface area contributed by atoms with Crippen LogP contribution in [0.3, 0.4) is 0 Å². The summed E-state index contributed by atoms with van der Waals surface area (Å²) in [6.45, 7) is 2.71. The van der Waals surface area contributed by atoms with Gasteiger partial charge >= 0.3 is 0 Å². The molecule has 0 saturated heterocycles. The number of nitrogens with one attached hydrogen (secondary N) is 1. The number of nitrogens with zero attached hydrogens (tertiary/aromatic N) is 1. The fourth-order valence-corrected chi connectivity index (χ4v) is 3.03. The van der Waals surface area contributed by atoms with E-state index in [-0.39, 0.29) is 24.8 Å². The zero-order valence-corrected chi connectivity index (χ0v) is 17.9. The zero-order valence-electron chi connectivity index (χ0n) is 16.4. The van der Waals surface area contributed by atoms with Crippen molar-refractivity contribution in [3.63, 3.8) is 0 Å². The van der Waals surface area contributed by atoms with Crippen LogP contribution in [-0.2, 0) is 9.59 Å². The van der Waals surface area contributed by atoms with Crippen molar-refractivity contribution in [3.8, 4) is 11.5 Å². The van der Waals surface area contributed by atoms with Gasteiger partial charge in [0.05, 0.1) is 35.5 Å². The van der Waals surface area contributed by atoms with Crippen LogP contribution < -0.4 is 14.8 Å². The number of ether oxygens (including phenoxy) is 2. The smallest absolute Gasteiger partial charge is 0.244 e. The maximum atomic E-state index is 12.3. The first-order chi connectivity index (χ1) is 13.9. The van der Waals surface area contributed by atoms with Crippen LogP contribution in [0.15, 0.2) is 42.5 Å². The zero-order chi connectivity index (χ0) is 21.2. The predicted octanol–water partition coefficient (Wildman–Crippen LogP) is 4.65. The Morgan fingerprint density at radius 3 is 2.24 bits per heavy atom. The minimum Gasteiger partial charge on any atom is -0.490 e. The van der Waals surface area contributed by atoms with Crippen LogP contribution in [0.2, 0.25) is 10.0 Å². The SMILES string of the molecule is CCOc1ccccc1OCCCC(=O)N(C)CC(=O)Nc1c(Cl)cccc1Cl. The fraction of sp³-hybridized carbons (Fsp3) is 0.333. The molecule has 1 N–H and O–H groups in total. The number of hydrogen-bond donors (Lipinski definition) is 1. The fourth-order valence-electron chi connectivity index (χ4n) is 2.54. The summed E-state index contributed by atoms with van der Waals surface area (Å²) < 4.78 is 11.2. The van der Waals surface area contributed by atoms with Crippen molar-refractivity contribution in [2.45, 2.75) is 19.8 Å². The van der Waals surface area contributed by atoms with Gasteiger partial charge < -0.3 is 19.7 Å². The lowest BCUT2D eigenvalue weighted by Crippen LogP contribution is -2.35. The predicted molar refractivity (Wildman–Crippen MR) is 115 cm³/mol. The molecule has 0 bridgehead atoms. The summed E-state index contributed by atoms with van der Waals surface area (Å²) in [7, 11) is 1.57. The van der Waals surface area contributed by atoms with Gasteiger partial charge in [0.25, 0.3) is 0 Å². The number of amides is 2. The van der Waals surface area contributed by atoms with Gasteiger partial charge in [0.2, 0.25) is 11.8 Å². The molecule has 156 valence electrons. The van der Waals surface area contributed by atoms with Crippen LogP contribution in [-0.4, -0.2) is 43.5 Å². The lowest BCUT2D eigenvalue weighted by molar-refractivity contribution is -0.133. The van der Waals surface area contributed by atoms with E-state index >= 15 is 0 Å². The van der Waals surface area contributed by atoms with Crippen LogP contribution in [0, 0.1) is 0 Å². The van der Waals surface area contributed by atoms with Crippen molar-refractivity contribution in [1.82, 2.24) is 4.90 Å². The van der Waals surface area contributed by atoms with E-state index in [1.807, 2.05) is 31.2 Å². The van der Waals surface area contributed by atoms with Gasteiger partial charge in [-0.2, -0.15) is 0 Å². The molecule has 2 amide bonds. The molecule has 0 aromatic heterocycles. The largest absolute Gasteiger partial charge is 0.490 e. The first kappa shape index (κ1) is 22.8. The Hall–Kier alpha value is -2.44.